The number of hydrogen-bond acceptors (Lipinski definition) is 4. The van der Waals surface area contributed by atoms with Crippen molar-refractivity contribution in [3.63, 3.8) is 0 Å². The standard InChI is InChI=1S/C19H25N3O2S/c23-13-17-12-22(11-15-7-3-1-4-8-15)19(21-17)25-14-18(24)20-16-9-5-2-6-10-16/h1,3-4,7-8,12,16,23H,2,5-6,9-11,13-14H2,(H,20,24). The predicted octanol–water partition coefficient (Wildman–Crippen LogP) is 2.96. The van der Waals surface area contributed by atoms with Crippen LogP contribution in [0.4, 0.5) is 0 Å². The molecule has 0 saturated heterocycles. The van der Waals surface area contributed by atoms with Gasteiger partial charge >= 0.3 is 0 Å². The van der Waals surface area contributed by atoms with Gasteiger partial charge in [0.2, 0.25) is 5.91 Å². The number of aliphatic hydroxyl groups excluding tert-OH is 1. The van der Waals surface area contributed by atoms with Crippen LogP contribution < -0.4 is 5.32 Å². The van der Waals surface area contributed by atoms with Crippen LogP contribution in [0.3, 0.4) is 0 Å². The Hall–Kier alpha value is -1.79. The molecule has 134 valence electrons. The molecule has 1 aliphatic carbocycles. The van der Waals surface area contributed by atoms with E-state index in [-0.39, 0.29) is 12.5 Å². The monoisotopic (exact) mass is 359 g/mol. The van der Waals surface area contributed by atoms with Crippen LogP contribution in [-0.4, -0.2) is 32.4 Å². The largest absolute Gasteiger partial charge is 0.390 e. The molecule has 2 N–H and O–H groups in total. The van der Waals surface area contributed by atoms with Crippen LogP contribution >= 0.6 is 11.8 Å². The molecule has 5 nitrogen and oxygen atoms in total. The molecule has 2 aromatic rings. The number of amides is 1. The molecule has 1 aromatic heterocycles. The Balaban J connectivity index is 1.59. The van der Waals surface area contributed by atoms with E-state index in [1.54, 1.807) is 0 Å². The van der Waals surface area contributed by atoms with Gasteiger partial charge in [-0.1, -0.05) is 61.4 Å². The highest BCUT2D eigenvalue weighted by molar-refractivity contribution is 7.99. The number of benzene rings is 1. The molecular formula is C19H25N3O2S. The molecule has 1 saturated carbocycles. The second kappa shape index (κ2) is 9.06. The van der Waals surface area contributed by atoms with Gasteiger partial charge in [-0.25, -0.2) is 4.98 Å². The van der Waals surface area contributed by atoms with E-state index in [1.165, 1.54) is 31.0 Å². The first-order chi connectivity index (χ1) is 12.2. The summed E-state index contributed by atoms with van der Waals surface area (Å²) in [6, 6.07) is 10.4. The van der Waals surface area contributed by atoms with Gasteiger partial charge in [0.15, 0.2) is 5.16 Å². The third-order valence-corrected chi connectivity index (χ3v) is 5.44. The molecule has 1 fully saturated rings. The normalized spacial score (nSPS) is 15.2. The number of carbonyl (C=O) groups excluding carboxylic acids is 1. The molecule has 1 aliphatic rings. The minimum absolute atomic E-state index is 0.0664. The summed E-state index contributed by atoms with van der Waals surface area (Å²) in [4.78, 5) is 16.7. The number of thioether (sulfide) groups is 1. The fourth-order valence-corrected chi connectivity index (χ4v) is 3.99. The highest BCUT2D eigenvalue weighted by Gasteiger charge is 2.17. The molecule has 0 bridgehead atoms. The van der Waals surface area contributed by atoms with Gasteiger partial charge < -0.3 is 15.0 Å². The third-order valence-electron chi connectivity index (χ3n) is 4.45. The minimum atomic E-state index is -0.0936. The Bertz CT molecular complexity index is 681. The maximum Gasteiger partial charge on any atom is 0.230 e. The lowest BCUT2D eigenvalue weighted by molar-refractivity contribution is -0.119. The van der Waals surface area contributed by atoms with Crippen molar-refractivity contribution >= 4 is 17.7 Å². The number of hydrogen-bond donors (Lipinski definition) is 2. The van der Waals surface area contributed by atoms with Gasteiger partial charge in [0.1, 0.15) is 0 Å². The van der Waals surface area contributed by atoms with Gasteiger partial charge in [-0.15, -0.1) is 0 Å². The predicted molar refractivity (Wildman–Crippen MR) is 99.4 cm³/mol. The number of carbonyl (C=O) groups is 1. The van der Waals surface area contributed by atoms with Crippen LogP contribution in [0, 0.1) is 0 Å². The molecular weight excluding hydrogens is 334 g/mol. The van der Waals surface area contributed by atoms with Crippen LogP contribution in [0.15, 0.2) is 41.7 Å². The highest BCUT2D eigenvalue weighted by atomic mass is 32.2. The van der Waals surface area contributed by atoms with Gasteiger partial charge in [-0.05, 0) is 18.4 Å². The Morgan fingerprint density at radius 2 is 2.00 bits per heavy atom. The van der Waals surface area contributed by atoms with Crippen molar-refractivity contribution in [3.8, 4) is 0 Å². The summed E-state index contributed by atoms with van der Waals surface area (Å²) in [6.45, 7) is 0.587. The van der Waals surface area contributed by atoms with Crippen molar-refractivity contribution in [1.82, 2.24) is 14.9 Å². The molecule has 1 aromatic carbocycles. The number of rotatable bonds is 7. The van der Waals surface area contributed by atoms with Crippen LogP contribution in [0.25, 0.3) is 0 Å². The van der Waals surface area contributed by atoms with E-state index in [9.17, 15) is 9.90 Å². The number of nitrogens with one attached hydrogen (secondary N) is 1. The van der Waals surface area contributed by atoms with Crippen molar-refractivity contribution in [1.29, 1.82) is 0 Å². The second-order valence-electron chi connectivity index (χ2n) is 6.48. The Morgan fingerprint density at radius 1 is 1.24 bits per heavy atom. The molecule has 0 spiro atoms. The number of imidazole rings is 1. The summed E-state index contributed by atoms with van der Waals surface area (Å²) in [5.41, 5.74) is 1.80. The highest BCUT2D eigenvalue weighted by Crippen LogP contribution is 2.21. The average Bonchev–Trinajstić information content (AvgIpc) is 3.04. The Labute approximate surface area is 152 Å². The van der Waals surface area contributed by atoms with Crippen molar-refractivity contribution in [2.24, 2.45) is 0 Å². The summed E-state index contributed by atoms with van der Waals surface area (Å²) in [6.07, 6.45) is 7.73. The fraction of sp³-hybridized carbons (Fsp3) is 0.474. The second-order valence-corrected chi connectivity index (χ2v) is 7.42. The molecule has 0 unspecified atom stereocenters. The average molecular weight is 359 g/mol. The molecule has 0 atom stereocenters. The topological polar surface area (TPSA) is 67.1 Å². The van der Waals surface area contributed by atoms with Gasteiger partial charge in [-0.2, -0.15) is 0 Å². The van der Waals surface area contributed by atoms with Crippen molar-refractivity contribution in [2.45, 2.75) is 56.5 Å². The minimum Gasteiger partial charge on any atom is -0.390 e. The number of aromatic nitrogens is 2. The zero-order valence-corrected chi connectivity index (χ0v) is 15.2. The van der Waals surface area contributed by atoms with E-state index in [0.717, 1.165) is 23.6 Å². The zero-order valence-electron chi connectivity index (χ0n) is 14.4. The fourth-order valence-electron chi connectivity index (χ4n) is 3.18. The third kappa shape index (κ3) is 5.34. The molecule has 1 heterocycles. The summed E-state index contributed by atoms with van der Waals surface area (Å²) in [7, 11) is 0. The van der Waals surface area contributed by atoms with Gasteiger partial charge in [0, 0.05) is 18.8 Å². The molecule has 0 aliphatic heterocycles. The first kappa shape index (κ1) is 18.0. The van der Waals surface area contributed by atoms with Crippen LogP contribution in [-0.2, 0) is 17.9 Å². The molecule has 1 amide bonds. The van der Waals surface area contributed by atoms with Crippen LogP contribution in [0.2, 0.25) is 0 Å². The zero-order chi connectivity index (χ0) is 17.5. The molecule has 25 heavy (non-hydrogen) atoms. The maximum absolute atomic E-state index is 12.2. The summed E-state index contributed by atoms with van der Waals surface area (Å²) < 4.78 is 2.00. The lowest BCUT2D eigenvalue weighted by atomic mass is 9.95. The smallest absolute Gasteiger partial charge is 0.230 e. The van der Waals surface area contributed by atoms with E-state index < -0.39 is 0 Å². The van der Waals surface area contributed by atoms with Crippen molar-refractivity contribution < 1.29 is 9.90 Å². The number of nitrogens with zero attached hydrogens (tertiary/aromatic N) is 2. The van der Waals surface area contributed by atoms with Crippen LogP contribution in [0.1, 0.15) is 43.4 Å². The van der Waals surface area contributed by atoms with Crippen molar-refractivity contribution in [2.75, 3.05) is 5.75 Å². The summed E-state index contributed by atoms with van der Waals surface area (Å²) in [5, 5.41) is 13.3. The van der Waals surface area contributed by atoms with E-state index in [0.29, 0.717) is 24.0 Å². The van der Waals surface area contributed by atoms with Gasteiger partial charge in [-0.3, -0.25) is 4.79 Å². The van der Waals surface area contributed by atoms with E-state index in [4.69, 9.17) is 0 Å². The van der Waals surface area contributed by atoms with Gasteiger partial charge in [0.25, 0.3) is 0 Å². The quantitative estimate of drug-likeness (QED) is 0.746. The summed E-state index contributed by atoms with van der Waals surface area (Å²) >= 11 is 1.43. The lowest BCUT2D eigenvalue weighted by Crippen LogP contribution is -2.37. The number of aliphatic hydroxyl groups is 1. The van der Waals surface area contributed by atoms with Crippen LogP contribution in [0.5, 0.6) is 0 Å². The molecule has 6 heteroatoms. The van der Waals surface area contributed by atoms with E-state index in [2.05, 4.69) is 22.4 Å². The first-order valence-electron chi connectivity index (χ1n) is 8.87. The van der Waals surface area contributed by atoms with Gasteiger partial charge in [0.05, 0.1) is 18.1 Å². The van der Waals surface area contributed by atoms with E-state index >= 15 is 0 Å². The van der Waals surface area contributed by atoms with Crippen molar-refractivity contribution in [3.05, 3.63) is 47.8 Å². The summed E-state index contributed by atoms with van der Waals surface area (Å²) in [5.74, 6) is 0.421. The SMILES string of the molecule is O=C(CSc1nc(CO)cn1Cc1ccccc1)NC1CCCCC1. The Kier molecular flexibility index (Phi) is 6.53. The van der Waals surface area contributed by atoms with E-state index in [1.807, 2.05) is 29.0 Å². The Morgan fingerprint density at radius 3 is 2.72 bits per heavy atom. The molecule has 0 radical (unpaired) electrons. The maximum atomic E-state index is 12.2. The molecule has 3 rings (SSSR count). The lowest BCUT2D eigenvalue weighted by Gasteiger charge is -2.22. The first-order valence-corrected chi connectivity index (χ1v) is 9.86.